The third kappa shape index (κ3) is 3.96. The first kappa shape index (κ1) is 14.3. The topological polar surface area (TPSA) is 41.6 Å². The summed E-state index contributed by atoms with van der Waals surface area (Å²) in [5.74, 6) is -0.121. The molecule has 4 heteroatoms. The number of morpholine rings is 1. The van der Waals surface area contributed by atoms with E-state index in [9.17, 15) is 4.79 Å². The number of carbonyl (C=O) groups excluding carboxylic acids is 1. The van der Waals surface area contributed by atoms with Crippen molar-refractivity contribution in [1.29, 1.82) is 0 Å². The van der Waals surface area contributed by atoms with Crippen LogP contribution in [-0.4, -0.2) is 32.2 Å². The molecule has 1 aliphatic rings. The van der Waals surface area contributed by atoms with Gasteiger partial charge in [-0.1, -0.05) is 30.4 Å². The van der Waals surface area contributed by atoms with E-state index < -0.39 is 0 Å². The van der Waals surface area contributed by atoms with Gasteiger partial charge in [0.25, 0.3) is 0 Å². The van der Waals surface area contributed by atoms with E-state index >= 15 is 0 Å². The highest BCUT2D eigenvalue weighted by molar-refractivity contribution is 6.01. The fourth-order valence-corrected chi connectivity index (χ4v) is 2.09. The van der Waals surface area contributed by atoms with Crippen LogP contribution in [0.4, 0.5) is 11.4 Å². The number of hydrogen-bond acceptors (Lipinski definition) is 3. The summed E-state index contributed by atoms with van der Waals surface area (Å²) in [7, 11) is 0. The molecule has 2 rings (SSSR count). The van der Waals surface area contributed by atoms with Gasteiger partial charge in [0, 0.05) is 19.2 Å². The predicted octanol–water partition coefficient (Wildman–Crippen LogP) is 2.59. The van der Waals surface area contributed by atoms with Crippen LogP contribution in [0, 0.1) is 0 Å². The number of nitrogens with one attached hydrogen (secondary N) is 1. The van der Waals surface area contributed by atoms with Crippen molar-refractivity contribution in [3.63, 3.8) is 0 Å². The minimum Gasteiger partial charge on any atom is -0.378 e. The van der Waals surface area contributed by atoms with Crippen molar-refractivity contribution in [2.75, 3.05) is 36.5 Å². The van der Waals surface area contributed by atoms with Gasteiger partial charge in [0.05, 0.1) is 24.6 Å². The van der Waals surface area contributed by atoms with Gasteiger partial charge in [-0.15, -0.1) is 0 Å². The number of allylic oxidation sites excluding steroid dienone is 3. The lowest BCUT2D eigenvalue weighted by atomic mass is 10.2. The number of amides is 1. The fraction of sp³-hybridized carbons (Fsp3) is 0.312. The van der Waals surface area contributed by atoms with Gasteiger partial charge >= 0.3 is 0 Å². The van der Waals surface area contributed by atoms with Crippen LogP contribution in [0.25, 0.3) is 0 Å². The van der Waals surface area contributed by atoms with Gasteiger partial charge in [-0.25, -0.2) is 0 Å². The molecule has 0 spiro atoms. The summed E-state index contributed by atoms with van der Waals surface area (Å²) in [6, 6.07) is 7.86. The molecule has 0 saturated carbocycles. The summed E-state index contributed by atoms with van der Waals surface area (Å²) < 4.78 is 5.36. The van der Waals surface area contributed by atoms with E-state index in [1.54, 1.807) is 6.08 Å². The summed E-state index contributed by atoms with van der Waals surface area (Å²) >= 11 is 0. The number of benzene rings is 1. The Bertz CT molecular complexity index is 503. The summed E-state index contributed by atoms with van der Waals surface area (Å²) in [5.41, 5.74) is 1.88. The van der Waals surface area contributed by atoms with Crippen LogP contribution in [0.2, 0.25) is 0 Å². The molecular weight excluding hydrogens is 252 g/mol. The van der Waals surface area contributed by atoms with Gasteiger partial charge < -0.3 is 15.0 Å². The molecule has 0 atom stereocenters. The molecule has 20 heavy (non-hydrogen) atoms. The van der Waals surface area contributed by atoms with Crippen molar-refractivity contribution in [3.05, 3.63) is 48.6 Å². The fourth-order valence-electron chi connectivity index (χ4n) is 2.09. The van der Waals surface area contributed by atoms with E-state index in [1.807, 2.05) is 43.3 Å². The largest absolute Gasteiger partial charge is 0.378 e. The first-order valence-corrected chi connectivity index (χ1v) is 6.83. The van der Waals surface area contributed by atoms with Gasteiger partial charge in [0.15, 0.2) is 0 Å². The lowest BCUT2D eigenvalue weighted by molar-refractivity contribution is -0.111. The second-order valence-electron chi connectivity index (χ2n) is 4.49. The normalized spacial score (nSPS) is 15.9. The molecule has 1 heterocycles. The van der Waals surface area contributed by atoms with Crippen molar-refractivity contribution in [1.82, 2.24) is 0 Å². The van der Waals surface area contributed by atoms with Crippen LogP contribution >= 0.6 is 0 Å². The first-order chi connectivity index (χ1) is 9.81. The first-order valence-electron chi connectivity index (χ1n) is 6.83. The number of rotatable bonds is 4. The maximum absolute atomic E-state index is 11.8. The lowest BCUT2D eigenvalue weighted by Crippen LogP contribution is -2.36. The van der Waals surface area contributed by atoms with Crippen molar-refractivity contribution in [3.8, 4) is 0 Å². The summed E-state index contributed by atoms with van der Waals surface area (Å²) in [5, 5.41) is 2.92. The number of anilines is 2. The Labute approximate surface area is 119 Å². The minimum atomic E-state index is -0.121. The zero-order valence-corrected chi connectivity index (χ0v) is 11.7. The Kier molecular flexibility index (Phi) is 5.38. The monoisotopic (exact) mass is 272 g/mol. The highest BCUT2D eigenvalue weighted by atomic mass is 16.5. The third-order valence-electron chi connectivity index (χ3n) is 3.06. The minimum absolute atomic E-state index is 0.121. The van der Waals surface area contributed by atoms with E-state index in [2.05, 4.69) is 10.2 Å². The number of para-hydroxylation sites is 2. The van der Waals surface area contributed by atoms with Crippen LogP contribution in [0.5, 0.6) is 0 Å². The molecule has 0 bridgehead atoms. The molecule has 0 unspecified atom stereocenters. The number of carbonyl (C=O) groups is 1. The predicted molar refractivity (Wildman–Crippen MR) is 82.1 cm³/mol. The average molecular weight is 272 g/mol. The highest BCUT2D eigenvalue weighted by Crippen LogP contribution is 2.26. The van der Waals surface area contributed by atoms with Gasteiger partial charge in [-0.2, -0.15) is 0 Å². The molecular formula is C16H20N2O2. The highest BCUT2D eigenvalue weighted by Gasteiger charge is 2.14. The average Bonchev–Trinajstić information content (AvgIpc) is 2.49. The van der Waals surface area contributed by atoms with E-state index in [4.69, 9.17) is 4.74 Å². The quantitative estimate of drug-likeness (QED) is 0.676. The van der Waals surface area contributed by atoms with Crippen LogP contribution < -0.4 is 10.2 Å². The molecule has 1 amide bonds. The molecule has 0 aliphatic carbocycles. The molecule has 106 valence electrons. The second kappa shape index (κ2) is 7.50. The molecule has 1 aromatic rings. The van der Waals surface area contributed by atoms with Crippen molar-refractivity contribution >= 4 is 17.3 Å². The van der Waals surface area contributed by atoms with Crippen LogP contribution in [-0.2, 0) is 9.53 Å². The zero-order chi connectivity index (χ0) is 14.2. The van der Waals surface area contributed by atoms with Crippen LogP contribution in [0.1, 0.15) is 6.92 Å². The Morgan fingerprint density at radius 2 is 2.00 bits per heavy atom. The van der Waals surface area contributed by atoms with E-state index in [-0.39, 0.29) is 5.91 Å². The maximum Gasteiger partial charge on any atom is 0.248 e. The summed E-state index contributed by atoms with van der Waals surface area (Å²) in [6.07, 6.45) is 6.96. The molecule has 0 aromatic heterocycles. The maximum atomic E-state index is 11.8. The van der Waals surface area contributed by atoms with Gasteiger partial charge in [0.2, 0.25) is 5.91 Å². The smallest absolute Gasteiger partial charge is 0.248 e. The van der Waals surface area contributed by atoms with E-state index in [1.165, 1.54) is 6.08 Å². The standard InChI is InChI=1S/C16H20N2O2/c1-2-3-4-9-16(19)17-14-7-5-6-8-15(14)18-10-12-20-13-11-18/h2-9H,10-13H2,1H3,(H,17,19). The van der Waals surface area contributed by atoms with E-state index in [0.717, 1.165) is 37.7 Å². The van der Waals surface area contributed by atoms with E-state index in [0.29, 0.717) is 0 Å². The number of hydrogen-bond donors (Lipinski definition) is 1. The molecule has 1 aliphatic heterocycles. The molecule has 0 radical (unpaired) electrons. The van der Waals surface area contributed by atoms with Crippen LogP contribution in [0.3, 0.4) is 0 Å². The second-order valence-corrected chi connectivity index (χ2v) is 4.49. The molecule has 1 fully saturated rings. The number of nitrogens with zero attached hydrogens (tertiary/aromatic N) is 1. The third-order valence-corrected chi connectivity index (χ3v) is 3.06. The molecule has 1 aromatic carbocycles. The summed E-state index contributed by atoms with van der Waals surface area (Å²) in [6.45, 7) is 5.06. The molecule has 1 N–H and O–H groups in total. The lowest BCUT2D eigenvalue weighted by Gasteiger charge is -2.30. The zero-order valence-electron chi connectivity index (χ0n) is 11.7. The number of ether oxygens (including phenoxy) is 1. The Morgan fingerprint density at radius 3 is 2.75 bits per heavy atom. The Morgan fingerprint density at radius 1 is 1.25 bits per heavy atom. The van der Waals surface area contributed by atoms with Gasteiger partial charge in [-0.3, -0.25) is 4.79 Å². The Hall–Kier alpha value is -2.07. The van der Waals surface area contributed by atoms with Gasteiger partial charge in [-0.05, 0) is 19.1 Å². The molecule has 1 saturated heterocycles. The van der Waals surface area contributed by atoms with Gasteiger partial charge in [0.1, 0.15) is 0 Å². The molecule has 4 nitrogen and oxygen atoms in total. The van der Waals surface area contributed by atoms with Crippen molar-refractivity contribution in [2.24, 2.45) is 0 Å². The van der Waals surface area contributed by atoms with Crippen molar-refractivity contribution < 1.29 is 9.53 Å². The van der Waals surface area contributed by atoms with Crippen molar-refractivity contribution in [2.45, 2.75) is 6.92 Å². The SMILES string of the molecule is CC=CC=CC(=O)Nc1ccccc1N1CCOCC1. The Balaban J connectivity index is 2.09. The summed E-state index contributed by atoms with van der Waals surface area (Å²) in [4.78, 5) is 14.1. The van der Waals surface area contributed by atoms with Crippen LogP contribution in [0.15, 0.2) is 48.6 Å².